The van der Waals surface area contributed by atoms with Gasteiger partial charge in [-0.2, -0.15) is 5.10 Å². The third-order valence-corrected chi connectivity index (χ3v) is 7.32. The van der Waals surface area contributed by atoms with E-state index in [1.807, 2.05) is 41.1 Å². The first kappa shape index (κ1) is 20.5. The van der Waals surface area contributed by atoms with Crippen molar-refractivity contribution in [2.75, 3.05) is 0 Å². The normalized spacial score (nSPS) is 18.0. The van der Waals surface area contributed by atoms with Crippen molar-refractivity contribution in [2.24, 2.45) is 0 Å². The molecule has 0 aliphatic heterocycles. The molecule has 1 heterocycles. The number of nitrogens with one attached hydrogen (secondary N) is 1. The molecule has 0 fully saturated rings. The molecule has 33 heavy (non-hydrogen) atoms. The molecule has 2 unspecified atom stereocenters. The Bertz CT molecular complexity index is 1380. The second-order valence-corrected chi connectivity index (χ2v) is 9.48. The Morgan fingerprint density at radius 2 is 1.64 bits per heavy atom. The number of rotatable bonds is 4. The Labute approximate surface area is 202 Å². The summed E-state index contributed by atoms with van der Waals surface area (Å²) in [6, 6.07) is 23.9. The minimum absolute atomic E-state index is 0.151. The van der Waals surface area contributed by atoms with E-state index < -0.39 is 0 Å². The van der Waals surface area contributed by atoms with E-state index in [1.54, 1.807) is 12.1 Å². The average Bonchev–Trinajstić information content (AvgIpc) is 3.25. The van der Waals surface area contributed by atoms with E-state index in [0.717, 1.165) is 35.3 Å². The van der Waals surface area contributed by atoms with Gasteiger partial charge in [-0.1, -0.05) is 77.8 Å². The first-order valence-corrected chi connectivity index (χ1v) is 11.9. The van der Waals surface area contributed by atoms with Crippen molar-refractivity contribution in [1.29, 1.82) is 0 Å². The number of aromatic nitrogens is 2. The molecule has 0 saturated heterocycles. The third kappa shape index (κ3) is 3.36. The number of carbonyl (C=O) groups excluding carboxylic acids is 1. The number of hydrogen-bond donors (Lipinski definition) is 1. The van der Waals surface area contributed by atoms with E-state index in [0.29, 0.717) is 22.3 Å². The summed E-state index contributed by atoms with van der Waals surface area (Å²) >= 11 is 12.7. The molecule has 2 atom stereocenters. The SMILES string of the molecule is O=C(NCc1ccccc1)c1nn(-c2ccc(Cl)cc2Cl)c2c1C1CCC2c2ccccc21. The lowest BCUT2D eigenvalue weighted by molar-refractivity contribution is 0.0944. The molecule has 0 saturated carbocycles. The highest BCUT2D eigenvalue weighted by molar-refractivity contribution is 6.35. The van der Waals surface area contributed by atoms with Crippen LogP contribution in [0, 0.1) is 0 Å². The summed E-state index contributed by atoms with van der Waals surface area (Å²) in [5.74, 6) is 0.165. The molecule has 6 heteroatoms. The maximum atomic E-state index is 13.4. The molecule has 4 nitrogen and oxygen atoms in total. The van der Waals surface area contributed by atoms with Gasteiger partial charge in [-0.15, -0.1) is 0 Å². The van der Waals surface area contributed by atoms with Crippen LogP contribution in [0.15, 0.2) is 72.8 Å². The van der Waals surface area contributed by atoms with Crippen LogP contribution in [-0.4, -0.2) is 15.7 Å². The molecule has 3 aliphatic rings. The quantitative estimate of drug-likeness (QED) is 0.368. The van der Waals surface area contributed by atoms with Crippen LogP contribution in [0.1, 0.15) is 63.1 Å². The van der Waals surface area contributed by atoms with E-state index in [1.165, 1.54) is 11.1 Å². The smallest absolute Gasteiger partial charge is 0.272 e. The summed E-state index contributed by atoms with van der Waals surface area (Å²) < 4.78 is 1.87. The van der Waals surface area contributed by atoms with Gasteiger partial charge in [0.1, 0.15) is 0 Å². The predicted molar refractivity (Wildman–Crippen MR) is 131 cm³/mol. The van der Waals surface area contributed by atoms with Gasteiger partial charge in [0.05, 0.1) is 16.4 Å². The largest absolute Gasteiger partial charge is 0.347 e. The maximum absolute atomic E-state index is 13.4. The van der Waals surface area contributed by atoms with Crippen LogP contribution in [0.4, 0.5) is 0 Å². The molecular weight excluding hydrogens is 453 g/mol. The monoisotopic (exact) mass is 473 g/mol. The van der Waals surface area contributed by atoms with Gasteiger partial charge < -0.3 is 5.32 Å². The van der Waals surface area contributed by atoms with Crippen molar-refractivity contribution in [3.05, 3.63) is 116 Å². The van der Waals surface area contributed by atoms with Gasteiger partial charge in [-0.3, -0.25) is 4.79 Å². The van der Waals surface area contributed by atoms with Gasteiger partial charge in [-0.25, -0.2) is 4.68 Å². The predicted octanol–water partition coefficient (Wildman–Crippen LogP) is 6.48. The van der Waals surface area contributed by atoms with Gasteiger partial charge in [-0.05, 0) is 47.7 Å². The fourth-order valence-corrected chi connectivity index (χ4v) is 5.85. The molecular formula is C27H21Cl2N3O. The van der Waals surface area contributed by atoms with Crippen molar-refractivity contribution in [2.45, 2.75) is 31.2 Å². The van der Waals surface area contributed by atoms with Crippen LogP contribution >= 0.6 is 23.2 Å². The van der Waals surface area contributed by atoms with E-state index in [-0.39, 0.29) is 17.7 Å². The molecule has 1 N–H and O–H groups in total. The molecule has 1 aromatic heterocycles. The Hall–Kier alpha value is -3.08. The zero-order valence-corrected chi connectivity index (χ0v) is 19.3. The fourth-order valence-electron chi connectivity index (χ4n) is 5.36. The standard InChI is InChI=1S/C27H21Cl2N3O/c28-17-10-13-23(22(29)14-17)32-26-21-12-11-20(18-8-4-5-9-19(18)21)24(26)25(31-32)27(33)30-15-16-6-2-1-3-7-16/h1-10,13-14,20-21H,11-12,15H2,(H,30,33). The maximum Gasteiger partial charge on any atom is 0.272 e. The summed E-state index contributed by atoms with van der Waals surface area (Å²) in [7, 11) is 0. The number of fused-ring (bicyclic) bond motifs is 1. The summed E-state index contributed by atoms with van der Waals surface area (Å²) in [5, 5.41) is 9.01. The summed E-state index contributed by atoms with van der Waals surface area (Å²) in [6.07, 6.45) is 2.03. The van der Waals surface area contributed by atoms with E-state index in [4.69, 9.17) is 28.3 Å². The molecule has 1 amide bonds. The topological polar surface area (TPSA) is 46.9 Å². The number of carbonyl (C=O) groups is 1. The van der Waals surface area contributed by atoms with Gasteiger partial charge >= 0.3 is 0 Å². The second kappa shape index (κ2) is 8.05. The average molecular weight is 474 g/mol. The Morgan fingerprint density at radius 3 is 2.39 bits per heavy atom. The van der Waals surface area contributed by atoms with E-state index in [9.17, 15) is 4.79 Å². The molecule has 2 bridgehead atoms. The highest BCUT2D eigenvalue weighted by Crippen LogP contribution is 2.54. The fraction of sp³-hybridized carbons (Fsp3) is 0.185. The van der Waals surface area contributed by atoms with Crippen molar-refractivity contribution >= 4 is 29.1 Å². The van der Waals surface area contributed by atoms with E-state index in [2.05, 4.69) is 29.6 Å². The zero-order valence-electron chi connectivity index (χ0n) is 17.8. The first-order chi connectivity index (χ1) is 16.1. The highest BCUT2D eigenvalue weighted by Gasteiger charge is 2.43. The second-order valence-electron chi connectivity index (χ2n) is 8.63. The Kier molecular flexibility index (Phi) is 5.01. The molecule has 0 radical (unpaired) electrons. The lowest BCUT2D eigenvalue weighted by Gasteiger charge is -2.39. The summed E-state index contributed by atoms with van der Waals surface area (Å²) in [4.78, 5) is 13.4. The highest BCUT2D eigenvalue weighted by atomic mass is 35.5. The van der Waals surface area contributed by atoms with Crippen molar-refractivity contribution in [3.8, 4) is 5.69 Å². The van der Waals surface area contributed by atoms with Gasteiger partial charge in [0, 0.05) is 29.0 Å². The van der Waals surface area contributed by atoms with Gasteiger partial charge in [0.15, 0.2) is 5.69 Å². The molecule has 3 aromatic carbocycles. The first-order valence-electron chi connectivity index (χ1n) is 11.1. The number of nitrogens with zero attached hydrogens (tertiary/aromatic N) is 2. The minimum Gasteiger partial charge on any atom is -0.347 e. The summed E-state index contributed by atoms with van der Waals surface area (Å²) in [5.41, 5.74) is 7.00. The Morgan fingerprint density at radius 1 is 0.939 bits per heavy atom. The molecule has 3 aliphatic carbocycles. The number of hydrogen-bond acceptors (Lipinski definition) is 2. The van der Waals surface area contributed by atoms with Crippen molar-refractivity contribution < 1.29 is 4.79 Å². The third-order valence-electron chi connectivity index (χ3n) is 6.78. The van der Waals surface area contributed by atoms with Crippen LogP contribution < -0.4 is 5.32 Å². The van der Waals surface area contributed by atoms with E-state index >= 15 is 0 Å². The lowest BCUT2D eigenvalue weighted by Crippen LogP contribution is -2.29. The van der Waals surface area contributed by atoms with Crippen molar-refractivity contribution in [3.63, 3.8) is 0 Å². The van der Waals surface area contributed by atoms with Crippen LogP contribution in [0.2, 0.25) is 10.0 Å². The van der Waals surface area contributed by atoms with Gasteiger partial charge in [0.2, 0.25) is 0 Å². The molecule has 164 valence electrons. The molecule has 7 rings (SSSR count). The minimum atomic E-state index is -0.163. The molecule has 4 aromatic rings. The van der Waals surface area contributed by atoms with Crippen LogP contribution in [0.3, 0.4) is 0 Å². The van der Waals surface area contributed by atoms with Crippen molar-refractivity contribution in [1.82, 2.24) is 15.1 Å². The summed E-state index contributed by atoms with van der Waals surface area (Å²) in [6.45, 7) is 0.452. The van der Waals surface area contributed by atoms with Gasteiger partial charge in [0.25, 0.3) is 5.91 Å². The Balaban J connectivity index is 1.48. The number of amides is 1. The number of benzene rings is 3. The van der Waals surface area contributed by atoms with Crippen LogP contribution in [0.25, 0.3) is 5.69 Å². The lowest BCUT2D eigenvalue weighted by atomic mass is 9.65. The molecule has 0 spiro atoms. The number of halogens is 2. The van der Waals surface area contributed by atoms with Crippen LogP contribution in [0.5, 0.6) is 0 Å². The zero-order chi connectivity index (χ0) is 22.5. The van der Waals surface area contributed by atoms with Crippen LogP contribution in [-0.2, 0) is 6.54 Å².